The van der Waals surface area contributed by atoms with Crippen LogP contribution in [0.5, 0.6) is 5.75 Å². The van der Waals surface area contributed by atoms with E-state index in [-0.39, 0.29) is 23.9 Å². The molecule has 3 rings (SSSR count). The first-order valence-electron chi connectivity index (χ1n) is 6.23. The molecule has 0 aliphatic rings. The number of nitrogens with one attached hydrogen (secondary N) is 1. The molecule has 2 aromatic heterocycles. The molecule has 0 saturated carbocycles. The van der Waals surface area contributed by atoms with Crippen molar-refractivity contribution in [3.63, 3.8) is 0 Å². The van der Waals surface area contributed by atoms with Crippen molar-refractivity contribution in [1.29, 1.82) is 0 Å². The summed E-state index contributed by atoms with van der Waals surface area (Å²) in [6.07, 6.45) is 0.136. The number of nitrogens with zero attached hydrogens (tertiary/aromatic N) is 3. The van der Waals surface area contributed by atoms with Gasteiger partial charge in [0.25, 0.3) is 0 Å². The van der Waals surface area contributed by atoms with E-state index in [1.165, 1.54) is 17.4 Å². The van der Waals surface area contributed by atoms with Crippen LogP contribution in [0.15, 0.2) is 34.3 Å². The maximum Gasteiger partial charge on any atom is 0.230 e. The minimum atomic E-state index is -0.238. The summed E-state index contributed by atoms with van der Waals surface area (Å²) in [7, 11) is 0. The lowest BCUT2D eigenvalue weighted by Crippen LogP contribution is -2.14. The molecule has 8 nitrogen and oxygen atoms in total. The number of nitrogen functional groups attached to an aromatic ring is 1. The van der Waals surface area contributed by atoms with Gasteiger partial charge in [-0.05, 0) is 28.0 Å². The summed E-state index contributed by atoms with van der Waals surface area (Å²) in [4.78, 5) is 16.2. The molecule has 1 amide bonds. The van der Waals surface area contributed by atoms with E-state index in [0.29, 0.717) is 22.1 Å². The maximum absolute atomic E-state index is 12.0. The van der Waals surface area contributed by atoms with Crippen LogP contribution in [0.2, 0.25) is 0 Å². The quantitative estimate of drug-likeness (QED) is 0.667. The average molecular weight is 317 g/mol. The molecule has 0 aliphatic heterocycles. The standard InChI is InChI=1S/C13H11N5O3S/c14-12-11(17-21-18-12)9-6-22-13(15-9)16-10(20)5-7-2-1-3-8(19)4-7/h1-4,6,19H,5H2,(H2,14,18)(H,15,16,20). The number of aromatic nitrogens is 3. The highest BCUT2D eigenvalue weighted by atomic mass is 32.1. The Hall–Kier alpha value is -2.94. The van der Waals surface area contributed by atoms with Crippen molar-refractivity contribution >= 4 is 28.2 Å². The molecule has 0 radical (unpaired) electrons. The molecular formula is C13H11N5O3S. The van der Waals surface area contributed by atoms with Crippen LogP contribution in [-0.2, 0) is 11.2 Å². The fourth-order valence-corrected chi connectivity index (χ4v) is 2.54. The summed E-state index contributed by atoms with van der Waals surface area (Å²) in [5.74, 6) is 0.0246. The number of phenolic OH excluding ortho intramolecular Hbond substituents is 1. The molecule has 0 aliphatic carbocycles. The lowest BCUT2D eigenvalue weighted by Gasteiger charge is -2.02. The van der Waals surface area contributed by atoms with E-state index in [4.69, 9.17) is 5.73 Å². The number of hydrogen-bond acceptors (Lipinski definition) is 8. The Kier molecular flexibility index (Phi) is 3.71. The van der Waals surface area contributed by atoms with Gasteiger partial charge in [0, 0.05) is 5.38 Å². The molecule has 2 heterocycles. The number of aromatic hydroxyl groups is 1. The highest BCUT2D eigenvalue weighted by molar-refractivity contribution is 7.14. The van der Waals surface area contributed by atoms with E-state index in [2.05, 4.69) is 25.2 Å². The van der Waals surface area contributed by atoms with Crippen molar-refractivity contribution in [3.05, 3.63) is 35.2 Å². The molecule has 22 heavy (non-hydrogen) atoms. The van der Waals surface area contributed by atoms with Gasteiger partial charge in [0.2, 0.25) is 5.91 Å². The van der Waals surface area contributed by atoms with Crippen LogP contribution >= 0.6 is 11.3 Å². The summed E-state index contributed by atoms with van der Waals surface area (Å²) in [5, 5.41) is 21.3. The number of benzene rings is 1. The molecule has 0 fully saturated rings. The predicted octanol–water partition coefficient (Wildman–Crippen LogP) is 1.66. The van der Waals surface area contributed by atoms with Crippen molar-refractivity contribution in [1.82, 2.24) is 15.3 Å². The number of amides is 1. The van der Waals surface area contributed by atoms with Crippen LogP contribution in [0.3, 0.4) is 0 Å². The van der Waals surface area contributed by atoms with Gasteiger partial charge in [0.05, 0.1) is 6.42 Å². The Balaban J connectivity index is 1.67. The van der Waals surface area contributed by atoms with E-state index < -0.39 is 0 Å². The summed E-state index contributed by atoms with van der Waals surface area (Å²) in [6, 6.07) is 6.52. The molecule has 0 saturated heterocycles. The highest BCUT2D eigenvalue weighted by Gasteiger charge is 2.14. The predicted molar refractivity (Wildman–Crippen MR) is 80.3 cm³/mol. The third-order valence-electron chi connectivity index (χ3n) is 2.78. The molecule has 0 bridgehead atoms. The van der Waals surface area contributed by atoms with Gasteiger partial charge in [-0.1, -0.05) is 12.1 Å². The van der Waals surface area contributed by atoms with Crippen molar-refractivity contribution in [2.75, 3.05) is 11.1 Å². The summed E-state index contributed by atoms with van der Waals surface area (Å²) in [6.45, 7) is 0. The van der Waals surface area contributed by atoms with Crippen LogP contribution in [0.25, 0.3) is 11.4 Å². The first-order valence-corrected chi connectivity index (χ1v) is 7.11. The second-order valence-electron chi connectivity index (χ2n) is 4.43. The number of hydrogen-bond donors (Lipinski definition) is 3. The molecular weight excluding hydrogens is 306 g/mol. The molecule has 3 aromatic rings. The highest BCUT2D eigenvalue weighted by Crippen LogP contribution is 2.26. The Morgan fingerprint density at radius 3 is 3.00 bits per heavy atom. The number of nitrogens with two attached hydrogens (primary N) is 1. The zero-order valence-corrected chi connectivity index (χ0v) is 12.0. The Morgan fingerprint density at radius 1 is 1.41 bits per heavy atom. The maximum atomic E-state index is 12.0. The second-order valence-corrected chi connectivity index (χ2v) is 5.29. The molecule has 0 unspecified atom stereocenters. The van der Waals surface area contributed by atoms with E-state index in [1.807, 2.05) is 0 Å². The zero-order chi connectivity index (χ0) is 15.5. The molecule has 1 aromatic carbocycles. The number of phenols is 1. The number of thiazole rings is 1. The summed E-state index contributed by atoms with van der Waals surface area (Å²) >= 11 is 1.24. The first kappa shape index (κ1) is 14.0. The zero-order valence-electron chi connectivity index (χ0n) is 11.2. The molecule has 4 N–H and O–H groups in total. The van der Waals surface area contributed by atoms with Gasteiger partial charge < -0.3 is 16.2 Å². The molecule has 0 spiro atoms. The van der Waals surface area contributed by atoms with Crippen molar-refractivity contribution in [3.8, 4) is 17.1 Å². The third-order valence-corrected chi connectivity index (χ3v) is 3.54. The number of carbonyl (C=O) groups is 1. The van der Waals surface area contributed by atoms with Crippen LogP contribution in [0.1, 0.15) is 5.56 Å². The van der Waals surface area contributed by atoms with Crippen molar-refractivity contribution in [2.45, 2.75) is 6.42 Å². The van der Waals surface area contributed by atoms with E-state index in [0.717, 1.165) is 0 Å². The molecule has 9 heteroatoms. The fraction of sp³-hybridized carbons (Fsp3) is 0.0769. The largest absolute Gasteiger partial charge is 0.508 e. The Bertz CT molecular complexity index is 813. The normalized spacial score (nSPS) is 10.5. The minimum Gasteiger partial charge on any atom is -0.508 e. The number of rotatable bonds is 4. The van der Waals surface area contributed by atoms with E-state index in [1.54, 1.807) is 23.6 Å². The van der Waals surface area contributed by atoms with E-state index in [9.17, 15) is 9.90 Å². The van der Waals surface area contributed by atoms with Crippen molar-refractivity contribution < 1.29 is 14.5 Å². The van der Waals surface area contributed by atoms with Gasteiger partial charge in [0.1, 0.15) is 11.4 Å². The van der Waals surface area contributed by atoms with Crippen LogP contribution in [0.4, 0.5) is 10.9 Å². The van der Waals surface area contributed by atoms with Gasteiger partial charge in [-0.15, -0.1) is 11.3 Å². The lowest BCUT2D eigenvalue weighted by molar-refractivity contribution is -0.115. The summed E-state index contributed by atoms with van der Waals surface area (Å²) in [5.41, 5.74) is 7.11. The summed E-state index contributed by atoms with van der Waals surface area (Å²) < 4.78 is 4.51. The lowest BCUT2D eigenvalue weighted by atomic mass is 10.1. The SMILES string of the molecule is Nc1nonc1-c1csc(NC(=O)Cc2cccc(O)c2)n1. The Labute approximate surface area is 128 Å². The second kappa shape index (κ2) is 5.82. The van der Waals surface area contributed by atoms with Crippen LogP contribution < -0.4 is 11.1 Å². The van der Waals surface area contributed by atoms with E-state index >= 15 is 0 Å². The monoisotopic (exact) mass is 317 g/mol. The minimum absolute atomic E-state index is 0.121. The van der Waals surface area contributed by atoms with Gasteiger partial charge in [-0.25, -0.2) is 9.61 Å². The van der Waals surface area contributed by atoms with Gasteiger partial charge in [0.15, 0.2) is 16.6 Å². The third kappa shape index (κ3) is 3.04. The van der Waals surface area contributed by atoms with Gasteiger partial charge in [-0.2, -0.15) is 0 Å². The van der Waals surface area contributed by atoms with Crippen molar-refractivity contribution in [2.24, 2.45) is 0 Å². The van der Waals surface area contributed by atoms with Gasteiger partial charge in [-0.3, -0.25) is 4.79 Å². The fourth-order valence-electron chi connectivity index (χ4n) is 1.83. The Morgan fingerprint density at radius 2 is 2.27 bits per heavy atom. The average Bonchev–Trinajstić information content (AvgIpc) is 3.07. The van der Waals surface area contributed by atoms with Gasteiger partial charge >= 0.3 is 0 Å². The first-order chi connectivity index (χ1) is 10.6. The number of anilines is 2. The molecule has 112 valence electrons. The molecule has 0 atom stereocenters. The topological polar surface area (TPSA) is 127 Å². The van der Waals surface area contributed by atoms with Crippen LogP contribution in [-0.4, -0.2) is 26.3 Å². The number of carbonyl (C=O) groups excluding carboxylic acids is 1. The van der Waals surface area contributed by atoms with Crippen LogP contribution in [0, 0.1) is 0 Å². The smallest absolute Gasteiger partial charge is 0.230 e.